The molecule has 0 fully saturated rings. The van der Waals surface area contributed by atoms with Crippen LogP contribution in [-0.2, 0) is 0 Å². The quantitative estimate of drug-likeness (QED) is 0.856. The summed E-state index contributed by atoms with van der Waals surface area (Å²) in [5.41, 5.74) is 1.22. The van der Waals surface area contributed by atoms with E-state index in [9.17, 15) is 0 Å². The third kappa shape index (κ3) is 3.80. The zero-order chi connectivity index (χ0) is 12.8. The van der Waals surface area contributed by atoms with Crippen molar-refractivity contribution in [3.63, 3.8) is 0 Å². The van der Waals surface area contributed by atoms with Crippen molar-refractivity contribution in [2.24, 2.45) is 5.92 Å². The molecule has 1 aromatic rings. The van der Waals surface area contributed by atoms with Gasteiger partial charge in [-0.05, 0) is 42.7 Å². The third-order valence-corrected chi connectivity index (χ3v) is 4.02. The van der Waals surface area contributed by atoms with Gasteiger partial charge in [-0.2, -0.15) is 11.8 Å². The lowest BCUT2D eigenvalue weighted by molar-refractivity contribution is 0.409. The molecule has 4 heteroatoms. The topological polar surface area (TPSA) is 21.3 Å². The molecular weight excluding hydrogens is 254 g/mol. The minimum atomic E-state index is 0.327. The molecule has 2 unspecified atom stereocenters. The first kappa shape index (κ1) is 14.7. The highest BCUT2D eigenvalue weighted by Crippen LogP contribution is 2.31. The molecule has 0 saturated carbocycles. The number of thioether (sulfide) groups is 1. The molecule has 0 aromatic heterocycles. The molecule has 1 rings (SSSR count). The lowest BCUT2D eigenvalue weighted by Crippen LogP contribution is -2.24. The number of hydrogen-bond acceptors (Lipinski definition) is 3. The number of benzene rings is 1. The van der Waals surface area contributed by atoms with Crippen LogP contribution in [0.3, 0.4) is 0 Å². The van der Waals surface area contributed by atoms with Gasteiger partial charge in [0.05, 0.1) is 12.1 Å². The largest absolute Gasteiger partial charge is 0.495 e. The van der Waals surface area contributed by atoms with Crippen LogP contribution in [0.25, 0.3) is 0 Å². The van der Waals surface area contributed by atoms with E-state index >= 15 is 0 Å². The van der Waals surface area contributed by atoms with Gasteiger partial charge in [0, 0.05) is 6.04 Å². The Morgan fingerprint density at radius 2 is 2.18 bits per heavy atom. The number of nitrogens with one attached hydrogen (secondary N) is 1. The van der Waals surface area contributed by atoms with Gasteiger partial charge in [0.15, 0.2) is 0 Å². The van der Waals surface area contributed by atoms with Crippen LogP contribution in [0.1, 0.15) is 18.5 Å². The zero-order valence-electron chi connectivity index (χ0n) is 10.8. The fourth-order valence-electron chi connectivity index (χ4n) is 2.01. The summed E-state index contributed by atoms with van der Waals surface area (Å²) in [4.78, 5) is 0. The fraction of sp³-hybridized carbons (Fsp3) is 0.538. The summed E-state index contributed by atoms with van der Waals surface area (Å²) in [7, 11) is 3.63. The molecule has 1 aromatic carbocycles. The summed E-state index contributed by atoms with van der Waals surface area (Å²) in [5.74, 6) is 2.41. The molecule has 96 valence electrons. The summed E-state index contributed by atoms with van der Waals surface area (Å²) in [6.07, 6.45) is 2.13. The predicted molar refractivity (Wildman–Crippen MR) is 77.4 cm³/mol. The summed E-state index contributed by atoms with van der Waals surface area (Å²) in [6, 6.07) is 6.29. The molecule has 0 bridgehead atoms. The van der Waals surface area contributed by atoms with E-state index in [1.165, 1.54) is 5.56 Å². The van der Waals surface area contributed by atoms with E-state index in [1.54, 1.807) is 7.11 Å². The molecule has 17 heavy (non-hydrogen) atoms. The van der Waals surface area contributed by atoms with Gasteiger partial charge < -0.3 is 10.1 Å². The Hall–Kier alpha value is -0.380. The molecule has 1 N–H and O–H groups in total. The number of rotatable bonds is 6. The molecular formula is C13H20ClNOS. The molecule has 0 aliphatic heterocycles. The first-order valence-corrected chi connectivity index (χ1v) is 7.40. The molecule has 0 heterocycles. The number of ether oxygens (including phenoxy) is 1. The summed E-state index contributed by atoms with van der Waals surface area (Å²) >= 11 is 7.90. The molecule has 2 nitrogen and oxygen atoms in total. The Kier molecular flexibility index (Phi) is 6.17. The van der Waals surface area contributed by atoms with Crippen molar-refractivity contribution in [2.75, 3.05) is 26.2 Å². The van der Waals surface area contributed by atoms with Gasteiger partial charge in [0.25, 0.3) is 0 Å². The minimum Gasteiger partial charge on any atom is -0.495 e. The second-order valence-electron chi connectivity index (χ2n) is 4.09. The van der Waals surface area contributed by atoms with Crippen molar-refractivity contribution < 1.29 is 4.74 Å². The zero-order valence-corrected chi connectivity index (χ0v) is 12.4. The van der Waals surface area contributed by atoms with E-state index in [1.807, 2.05) is 30.9 Å². The van der Waals surface area contributed by atoms with Gasteiger partial charge in [-0.25, -0.2) is 0 Å². The molecule has 0 saturated heterocycles. The third-order valence-electron chi connectivity index (χ3n) is 2.84. The molecule has 0 aliphatic carbocycles. The van der Waals surface area contributed by atoms with Crippen LogP contribution < -0.4 is 10.1 Å². The van der Waals surface area contributed by atoms with E-state index in [2.05, 4.69) is 24.6 Å². The first-order valence-electron chi connectivity index (χ1n) is 5.63. The second-order valence-corrected chi connectivity index (χ2v) is 5.41. The summed E-state index contributed by atoms with van der Waals surface area (Å²) in [5, 5.41) is 4.02. The van der Waals surface area contributed by atoms with Gasteiger partial charge in [-0.3, -0.25) is 0 Å². The Bertz CT molecular complexity index is 359. The Labute approximate surface area is 113 Å². The van der Waals surface area contributed by atoms with Gasteiger partial charge in [0.1, 0.15) is 5.75 Å². The van der Waals surface area contributed by atoms with Crippen LogP contribution in [0.2, 0.25) is 5.02 Å². The van der Waals surface area contributed by atoms with Crippen molar-refractivity contribution in [3.05, 3.63) is 28.8 Å². The lowest BCUT2D eigenvalue weighted by Gasteiger charge is -2.24. The van der Waals surface area contributed by atoms with Gasteiger partial charge in [-0.1, -0.05) is 24.6 Å². The van der Waals surface area contributed by atoms with Crippen LogP contribution in [-0.4, -0.2) is 26.2 Å². The van der Waals surface area contributed by atoms with E-state index in [0.717, 1.165) is 11.5 Å². The highest BCUT2D eigenvalue weighted by Gasteiger charge is 2.18. The van der Waals surface area contributed by atoms with Crippen molar-refractivity contribution >= 4 is 23.4 Å². The highest BCUT2D eigenvalue weighted by atomic mass is 35.5. The second kappa shape index (κ2) is 7.14. The average molecular weight is 274 g/mol. The highest BCUT2D eigenvalue weighted by molar-refractivity contribution is 7.98. The van der Waals surface area contributed by atoms with E-state index in [0.29, 0.717) is 17.0 Å². The van der Waals surface area contributed by atoms with Crippen LogP contribution in [0.4, 0.5) is 0 Å². The maximum absolute atomic E-state index is 6.04. The Balaban J connectivity index is 2.95. The van der Waals surface area contributed by atoms with Gasteiger partial charge in [-0.15, -0.1) is 0 Å². The number of halogens is 1. The Morgan fingerprint density at radius 3 is 2.71 bits per heavy atom. The van der Waals surface area contributed by atoms with Gasteiger partial charge in [0.2, 0.25) is 0 Å². The van der Waals surface area contributed by atoms with Crippen LogP contribution >= 0.6 is 23.4 Å². The first-order chi connectivity index (χ1) is 8.13. The standard InChI is InChI=1S/C13H20ClNOS/c1-9(8-17-4)13(15-2)10-5-6-11(14)12(7-10)16-3/h5-7,9,13,15H,8H2,1-4H3. The van der Waals surface area contributed by atoms with E-state index in [4.69, 9.17) is 16.3 Å². The fourth-order valence-corrected chi connectivity index (χ4v) is 2.92. The molecule has 2 atom stereocenters. The lowest BCUT2D eigenvalue weighted by atomic mass is 9.96. The van der Waals surface area contributed by atoms with E-state index in [-0.39, 0.29) is 0 Å². The predicted octanol–water partition coefficient (Wildman–Crippen LogP) is 3.61. The Morgan fingerprint density at radius 1 is 1.47 bits per heavy atom. The molecule has 0 radical (unpaired) electrons. The SMILES string of the molecule is CNC(c1ccc(Cl)c(OC)c1)C(C)CSC. The smallest absolute Gasteiger partial charge is 0.137 e. The van der Waals surface area contributed by atoms with Crippen molar-refractivity contribution in [3.8, 4) is 5.75 Å². The summed E-state index contributed by atoms with van der Waals surface area (Å²) < 4.78 is 5.26. The maximum atomic E-state index is 6.04. The maximum Gasteiger partial charge on any atom is 0.137 e. The molecule has 0 aliphatic rings. The molecule has 0 amide bonds. The average Bonchev–Trinajstić information content (AvgIpc) is 2.32. The van der Waals surface area contributed by atoms with Crippen LogP contribution in [0, 0.1) is 5.92 Å². The number of methoxy groups -OCH3 is 1. The minimum absolute atomic E-state index is 0.327. The van der Waals surface area contributed by atoms with Crippen molar-refractivity contribution in [1.29, 1.82) is 0 Å². The summed E-state index contributed by atoms with van der Waals surface area (Å²) in [6.45, 7) is 2.25. The van der Waals surface area contributed by atoms with Crippen molar-refractivity contribution in [2.45, 2.75) is 13.0 Å². The van der Waals surface area contributed by atoms with Crippen LogP contribution in [0.5, 0.6) is 5.75 Å². The normalized spacial score (nSPS) is 14.4. The van der Waals surface area contributed by atoms with Crippen LogP contribution in [0.15, 0.2) is 18.2 Å². The number of hydrogen-bond donors (Lipinski definition) is 1. The van der Waals surface area contributed by atoms with Gasteiger partial charge >= 0.3 is 0 Å². The molecule has 0 spiro atoms. The van der Waals surface area contributed by atoms with E-state index < -0.39 is 0 Å². The monoisotopic (exact) mass is 273 g/mol. The van der Waals surface area contributed by atoms with Crippen molar-refractivity contribution in [1.82, 2.24) is 5.32 Å².